The Morgan fingerprint density at radius 2 is 2.12 bits per heavy atom. The van der Waals surface area contributed by atoms with E-state index < -0.39 is 0 Å². The van der Waals surface area contributed by atoms with Gasteiger partial charge in [0.25, 0.3) is 0 Å². The van der Waals surface area contributed by atoms with Gasteiger partial charge in [-0.25, -0.2) is 4.98 Å². The van der Waals surface area contributed by atoms with Gasteiger partial charge in [-0.05, 0) is 37.5 Å². The summed E-state index contributed by atoms with van der Waals surface area (Å²) in [6, 6.07) is 5.52. The van der Waals surface area contributed by atoms with Gasteiger partial charge in [0.2, 0.25) is 5.88 Å². The highest BCUT2D eigenvalue weighted by Gasteiger charge is 2.39. The molecule has 7 heteroatoms. The highest BCUT2D eigenvalue weighted by molar-refractivity contribution is 6.04. The first kappa shape index (κ1) is 15.5. The maximum atomic E-state index is 12.8. The molecule has 3 aromatic rings. The van der Waals surface area contributed by atoms with Gasteiger partial charge in [0, 0.05) is 24.1 Å². The average molecular weight is 353 g/mol. The highest BCUT2D eigenvalue weighted by Crippen LogP contribution is 2.46. The summed E-state index contributed by atoms with van der Waals surface area (Å²) in [6.07, 6.45) is 4.03. The third-order valence-corrected chi connectivity index (χ3v) is 5.33. The van der Waals surface area contributed by atoms with Gasteiger partial charge in [-0.3, -0.25) is 9.36 Å². The summed E-state index contributed by atoms with van der Waals surface area (Å²) in [4.78, 5) is 20.1. The molecule has 2 aromatic heterocycles. The summed E-state index contributed by atoms with van der Waals surface area (Å²) in [5.74, 6) is -0.798. The van der Waals surface area contributed by atoms with Gasteiger partial charge in [0.1, 0.15) is 0 Å². The number of nitrogens with zero attached hydrogens (tertiary/aromatic N) is 2. The van der Waals surface area contributed by atoms with Crippen molar-refractivity contribution in [2.75, 3.05) is 13.2 Å². The molecular weight excluding hydrogens is 334 g/mol. The topological polar surface area (TPSA) is 100 Å². The van der Waals surface area contributed by atoms with E-state index in [0.29, 0.717) is 24.6 Å². The Morgan fingerprint density at radius 1 is 1.27 bits per heavy atom. The normalized spacial score (nSPS) is 20.1. The minimum Gasteiger partial charge on any atom is -0.503 e. The minimum absolute atomic E-state index is 0.0445. The Labute approximate surface area is 149 Å². The zero-order chi connectivity index (χ0) is 17.8. The molecule has 0 amide bonds. The number of imidazole rings is 1. The van der Waals surface area contributed by atoms with Crippen LogP contribution in [0.2, 0.25) is 0 Å². The SMILES string of the molecule is O=C(c1c(O)c(O)n(-c2ccc3nc[nH]c3c2)c1C1CCOC1)C1CC1. The molecule has 0 bridgehead atoms. The van der Waals surface area contributed by atoms with Crippen LogP contribution < -0.4 is 0 Å². The predicted octanol–water partition coefficient (Wildman–Crippen LogP) is 2.86. The minimum atomic E-state index is -0.325. The van der Waals surface area contributed by atoms with E-state index in [1.165, 1.54) is 0 Å². The molecule has 1 aromatic carbocycles. The van der Waals surface area contributed by atoms with Gasteiger partial charge < -0.3 is 19.9 Å². The summed E-state index contributed by atoms with van der Waals surface area (Å²) >= 11 is 0. The van der Waals surface area contributed by atoms with Gasteiger partial charge in [0.15, 0.2) is 11.5 Å². The number of rotatable bonds is 4. The molecule has 1 atom stereocenters. The first-order valence-electron chi connectivity index (χ1n) is 8.87. The molecule has 3 heterocycles. The standard InChI is InChI=1S/C19H19N3O4/c23-17(10-1-2-10)15-16(11-5-6-26-8-11)22(19(25)18(15)24)12-3-4-13-14(7-12)21-9-20-13/h3-4,7,9-11,24-25H,1-2,5-6,8H2,(H,20,21). The van der Waals surface area contributed by atoms with Crippen LogP contribution in [-0.4, -0.2) is 43.7 Å². The molecule has 134 valence electrons. The van der Waals surface area contributed by atoms with E-state index in [2.05, 4.69) is 9.97 Å². The summed E-state index contributed by atoms with van der Waals surface area (Å²) in [7, 11) is 0. The number of aromatic amines is 1. The van der Waals surface area contributed by atoms with Gasteiger partial charge in [-0.15, -0.1) is 0 Å². The second kappa shape index (κ2) is 5.60. The van der Waals surface area contributed by atoms with E-state index in [-0.39, 0.29) is 34.8 Å². The molecule has 1 unspecified atom stereocenters. The van der Waals surface area contributed by atoms with E-state index in [9.17, 15) is 15.0 Å². The van der Waals surface area contributed by atoms with Crippen LogP contribution in [0.1, 0.15) is 41.2 Å². The molecular formula is C19H19N3O4. The molecule has 5 rings (SSSR count). The first-order valence-corrected chi connectivity index (χ1v) is 8.87. The fraction of sp³-hybridized carbons (Fsp3) is 0.368. The quantitative estimate of drug-likeness (QED) is 0.626. The third-order valence-electron chi connectivity index (χ3n) is 5.33. The first-order chi connectivity index (χ1) is 12.6. The number of ether oxygens (including phenoxy) is 1. The number of carbonyl (C=O) groups excluding carboxylic acids is 1. The number of aromatic nitrogens is 3. The van der Waals surface area contributed by atoms with Crippen molar-refractivity contribution < 1.29 is 19.7 Å². The summed E-state index contributed by atoms with van der Waals surface area (Å²) in [5, 5.41) is 21.3. The zero-order valence-electron chi connectivity index (χ0n) is 14.1. The van der Waals surface area contributed by atoms with Crippen LogP contribution in [0.25, 0.3) is 16.7 Å². The summed E-state index contributed by atoms with van der Waals surface area (Å²) in [5.41, 5.74) is 3.20. The number of hydrogen-bond acceptors (Lipinski definition) is 5. The Balaban J connectivity index is 1.74. The summed E-state index contributed by atoms with van der Waals surface area (Å²) in [6.45, 7) is 1.08. The second-order valence-electron chi connectivity index (χ2n) is 7.07. The molecule has 3 N–H and O–H groups in total. The van der Waals surface area contributed by atoms with E-state index in [1.54, 1.807) is 10.9 Å². The van der Waals surface area contributed by atoms with Crippen LogP contribution in [0.5, 0.6) is 11.6 Å². The number of Topliss-reactive ketones (excluding diaryl/α,β-unsaturated/α-hetero) is 1. The fourth-order valence-corrected chi connectivity index (χ4v) is 3.82. The van der Waals surface area contributed by atoms with Crippen molar-refractivity contribution >= 4 is 16.8 Å². The van der Waals surface area contributed by atoms with Crippen molar-refractivity contribution in [2.24, 2.45) is 5.92 Å². The number of carbonyl (C=O) groups is 1. The number of nitrogens with one attached hydrogen (secondary N) is 1. The third kappa shape index (κ3) is 2.24. The van der Waals surface area contributed by atoms with Crippen molar-refractivity contribution in [3.05, 3.63) is 35.8 Å². The fourth-order valence-electron chi connectivity index (χ4n) is 3.82. The van der Waals surface area contributed by atoms with E-state index in [1.807, 2.05) is 18.2 Å². The van der Waals surface area contributed by atoms with Crippen molar-refractivity contribution in [2.45, 2.75) is 25.2 Å². The van der Waals surface area contributed by atoms with Gasteiger partial charge in [-0.2, -0.15) is 0 Å². The van der Waals surface area contributed by atoms with Crippen LogP contribution >= 0.6 is 0 Å². The van der Waals surface area contributed by atoms with Crippen molar-refractivity contribution in [1.82, 2.24) is 14.5 Å². The molecule has 7 nitrogen and oxygen atoms in total. The molecule has 2 fully saturated rings. The van der Waals surface area contributed by atoms with Crippen LogP contribution in [0.4, 0.5) is 0 Å². The molecule has 2 aliphatic rings. The molecule has 1 saturated carbocycles. The number of H-pyrrole nitrogens is 1. The second-order valence-corrected chi connectivity index (χ2v) is 7.07. The molecule has 1 aliphatic heterocycles. The number of ketones is 1. The number of hydrogen-bond donors (Lipinski definition) is 3. The number of fused-ring (bicyclic) bond motifs is 1. The molecule has 1 saturated heterocycles. The van der Waals surface area contributed by atoms with Gasteiger partial charge >= 0.3 is 0 Å². The van der Waals surface area contributed by atoms with E-state index >= 15 is 0 Å². The smallest absolute Gasteiger partial charge is 0.240 e. The largest absolute Gasteiger partial charge is 0.503 e. The number of aromatic hydroxyl groups is 2. The molecule has 26 heavy (non-hydrogen) atoms. The van der Waals surface area contributed by atoms with Crippen LogP contribution in [0.3, 0.4) is 0 Å². The number of benzene rings is 1. The van der Waals surface area contributed by atoms with Crippen LogP contribution in [-0.2, 0) is 4.74 Å². The maximum Gasteiger partial charge on any atom is 0.240 e. The average Bonchev–Trinajstić information content (AvgIpc) is 3.05. The van der Waals surface area contributed by atoms with Gasteiger partial charge in [0.05, 0.1) is 35.2 Å². The molecule has 0 radical (unpaired) electrons. The van der Waals surface area contributed by atoms with Crippen molar-refractivity contribution in [3.63, 3.8) is 0 Å². The Morgan fingerprint density at radius 3 is 2.85 bits per heavy atom. The summed E-state index contributed by atoms with van der Waals surface area (Å²) < 4.78 is 7.10. The Hall–Kier alpha value is -2.80. The van der Waals surface area contributed by atoms with Crippen LogP contribution in [0.15, 0.2) is 24.5 Å². The Bertz CT molecular complexity index is 1010. The van der Waals surface area contributed by atoms with E-state index in [0.717, 1.165) is 30.3 Å². The predicted molar refractivity (Wildman–Crippen MR) is 94.0 cm³/mol. The maximum absolute atomic E-state index is 12.8. The molecule has 1 aliphatic carbocycles. The van der Waals surface area contributed by atoms with Crippen molar-refractivity contribution in [3.8, 4) is 17.3 Å². The molecule has 0 spiro atoms. The Kier molecular flexibility index (Phi) is 3.33. The van der Waals surface area contributed by atoms with Crippen LogP contribution in [0, 0.1) is 5.92 Å². The lowest BCUT2D eigenvalue weighted by Crippen LogP contribution is -2.12. The highest BCUT2D eigenvalue weighted by atomic mass is 16.5. The zero-order valence-corrected chi connectivity index (χ0v) is 14.1. The van der Waals surface area contributed by atoms with Crippen molar-refractivity contribution in [1.29, 1.82) is 0 Å². The lowest BCUT2D eigenvalue weighted by molar-refractivity contribution is 0.0963. The monoisotopic (exact) mass is 353 g/mol. The van der Waals surface area contributed by atoms with Gasteiger partial charge in [-0.1, -0.05) is 0 Å². The van der Waals surface area contributed by atoms with E-state index in [4.69, 9.17) is 4.74 Å². The lowest BCUT2D eigenvalue weighted by atomic mass is 9.96. The lowest BCUT2D eigenvalue weighted by Gasteiger charge is -2.16.